The van der Waals surface area contributed by atoms with Crippen LogP contribution in [0.1, 0.15) is 31.0 Å². The second-order valence-corrected chi connectivity index (χ2v) is 5.89. The van der Waals surface area contributed by atoms with Gasteiger partial charge < -0.3 is 9.30 Å². The molecule has 0 saturated carbocycles. The van der Waals surface area contributed by atoms with E-state index in [1.807, 2.05) is 17.6 Å². The van der Waals surface area contributed by atoms with Gasteiger partial charge in [0, 0.05) is 18.0 Å². The van der Waals surface area contributed by atoms with Gasteiger partial charge in [-0.25, -0.2) is 4.98 Å². The summed E-state index contributed by atoms with van der Waals surface area (Å²) in [5.41, 5.74) is 1.50. The lowest BCUT2D eigenvalue weighted by molar-refractivity contribution is 0.286. The first kappa shape index (κ1) is 16.4. The molecule has 0 atom stereocenters. The highest BCUT2D eigenvalue weighted by Crippen LogP contribution is 2.13. The van der Waals surface area contributed by atoms with Gasteiger partial charge in [-0.3, -0.25) is 4.79 Å². The van der Waals surface area contributed by atoms with E-state index in [9.17, 15) is 4.79 Å². The van der Waals surface area contributed by atoms with Gasteiger partial charge in [-0.2, -0.15) is 9.50 Å². The SMILES string of the molecule is CCCCOc1nc2n(Cc3ccc(Cl)nc3)c(C)cc(=O)n2n1. The molecule has 0 N–H and O–H groups in total. The number of hydrogen-bond acceptors (Lipinski definition) is 5. The molecule has 8 heteroatoms. The van der Waals surface area contributed by atoms with E-state index in [1.165, 1.54) is 10.6 Å². The Kier molecular flexibility index (Phi) is 4.80. The van der Waals surface area contributed by atoms with Crippen LogP contribution in [0.25, 0.3) is 5.78 Å². The Labute approximate surface area is 143 Å². The summed E-state index contributed by atoms with van der Waals surface area (Å²) in [5, 5.41) is 4.59. The number of ether oxygens (including phenoxy) is 1. The summed E-state index contributed by atoms with van der Waals surface area (Å²) in [6.45, 7) is 4.97. The zero-order valence-electron chi connectivity index (χ0n) is 13.6. The topological polar surface area (TPSA) is 74.3 Å². The van der Waals surface area contributed by atoms with Crippen LogP contribution in [0.2, 0.25) is 5.15 Å². The fraction of sp³-hybridized carbons (Fsp3) is 0.375. The van der Waals surface area contributed by atoms with Crippen LogP contribution in [0.3, 0.4) is 0 Å². The van der Waals surface area contributed by atoms with Gasteiger partial charge in [-0.15, -0.1) is 5.10 Å². The van der Waals surface area contributed by atoms with Crippen LogP contribution in [0, 0.1) is 6.92 Å². The molecular formula is C16H18ClN5O2. The summed E-state index contributed by atoms with van der Waals surface area (Å²) < 4.78 is 8.68. The monoisotopic (exact) mass is 347 g/mol. The molecule has 7 nitrogen and oxygen atoms in total. The summed E-state index contributed by atoms with van der Waals surface area (Å²) >= 11 is 5.82. The molecule has 0 radical (unpaired) electrons. The third-order valence-corrected chi connectivity index (χ3v) is 3.86. The van der Waals surface area contributed by atoms with Gasteiger partial charge in [0.1, 0.15) is 5.15 Å². The Morgan fingerprint density at radius 1 is 1.33 bits per heavy atom. The van der Waals surface area contributed by atoms with E-state index >= 15 is 0 Å². The molecule has 0 aliphatic heterocycles. The second kappa shape index (κ2) is 7.00. The second-order valence-electron chi connectivity index (χ2n) is 5.51. The van der Waals surface area contributed by atoms with Gasteiger partial charge in [0.25, 0.3) is 5.56 Å². The zero-order valence-corrected chi connectivity index (χ0v) is 14.3. The molecule has 3 aromatic rings. The van der Waals surface area contributed by atoms with Crippen molar-refractivity contribution in [2.24, 2.45) is 0 Å². The minimum atomic E-state index is -0.231. The fourth-order valence-electron chi connectivity index (χ4n) is 2.33. The van der Waals surface area contributed by atoms with Crippen molar-refractivity contribution in [1.29, 1.82) is 0 Å². The van der Waals surface area contributed by atoms with Crippen molar-refractivity contribution in [3.63, 3.8) is 0 Å². The van der Waals surface area contributed by atoms with Crippen LogP contribution in [0.5, 0.6) is 6.01 Å². The predicted molar refractivity (Wildman–Crippen MR) is 90.7 cm³/mol. The van der Waals surface area contributed by atoms with Crippen LogP contribution in [-0.4, -0.2) is 30.8 Å². The molecule has 0 unspecified atom stereocenters. The molecule has 0 amide bonds. The van der Waals surface area contributed by atoms with E-state index in [0.29, 0.717) is 24.1 Å². The summed E-state index contributed by atoms with van der Waals surface area (Å²) in [5.74, 6) is 0.446. The lowest BCUT2D eigenvalue weighted by atomic mass is 10.3. The van der Waals surface area contributed by atoms with Crippen molar-refractivity contribution in [1.82, 2.24) is 24.1 Å². The minimum absolute atomic E-state index is 0.217. The van der Waals surface area contributed by atoms with E-state index in [0.717, 1.165) is 24.1 Å². The normalized spacial score (nSPS) is 11.1. The predicted octanol–water partition coefficient (Wildman–Crippen LogP) is 2.48. The molecule has 0 spiro atoms. The van der Waals surface area contributed by atoms with Crippen molar-refractivity contribution >= 4 is 17.4 Å². The summed E-state index contributed by atoms with van der Waals surface area (Å²) in [6.07, 6.45) is 3.63. The first-order chi connectivity index (χ1) is 11.6. The molecule has 0 aromatic carbocycles. The molecule has 0 fully saturated rings. The van der Waals surface area contributed by atoms with Crippen molar-refractivity contribution < 1.29 is 4.74 Å². The molecule has 0 bridgehead atoms. The van der Waals surface area contributed by atoms with Gasteiger partial charge in [0.15, 0.2) is 0 Å². The number of nitrogens with zero attached hydrogens (tertiary/aromatic N) is 5. The van der Waals surface area contributed by atoms with Crippen LogP contribution in [-0.2, 0) is 6.54 Å². The van der Waals surface area contributed by atoms with Crippen LogP contribution < -0.4 is 10.3 Å². The van der Waals surface area contributed by atoms with Gasteiger partial charge in [0.05, 0.1) is 13.2 Å². The Balaban J connectivity index is 1.99. The summed E-state index contributed by atoms with van der Waals surface area (Å²) in [6, 6.07) is 5.36. The molecular weight excluding hydrogens is 330 g/mol. The standard InChI is InChI=1S/C16H18ClN5O2/c1-3-4-7-24-15-19-16-21(10-12-5-6-13(17)18-9-12)11(2)8-14(23)22(16)20-15/h5-6,8-9H,3-4,7,10H2,1-2H3. The van der Waals surface area contributed by atoms with Crippen molar-refractivity contribution in [2.75, 3.05) is 6.61 Å². The third-order valence-electron chi connectivity index (χ3n) is 3.64. The lowest BCUT2D eigenvalue weighted by Crippen LogP contribution is -2.20. The van der Waals surface area contributed by atoms with E-state index in [2.05, 4.69) is 22.0 Å². The summed E-state index contributed by atoms with van der Waals surface area (Å²) in [4.78, 5) is 20.6. The summed E-state index contributed by atoms with van der Waals surface area (Å²) in [7, 11) is 0. The molecule has 3 heterocycles. The largest absolute Gasteiger partial charge is 0.462 e. The zero-order chi connectivity index (χ0) is 17.1. The Morgan fingerprint density at radius 3 is 2.88 bits per heavy atom. The number of rotatable bonds is 6. The van der Waals surface area contributed by atoms with Crippen LogP contribution in [0.4, 0.5) is 0 Å². The van der Waals surface area contributed by atoms with Crippen molar-refractivity contribution in [3.8, 4) is 6.01 Å². The average molecular weight is 348 g/mol. The van der Waals surface area contributed by atoms with E-state index in [4.69, 9.17) is 16.3 Å². The maximum absolute atomic E-state index is 12.2. The highest BCUT2D eigenvalue weighted by atomic mass is 35.5. The fourth-order valence-corrected chi connectivity index (χ4v) is 2.44. The van der Waals surface area contributed by atoms with Crippen LogP contribution in [0.15, 0.2) is 29.2 Å². The Hall–Kier alpha value is -2.41. The Bertz CT molecular complexity index is 901. The average Bonchev–Trinajstić information content (AvgIpc) is 2.98. The van der Waals surface area contributed by atoms with Crippen molar-refractivity contribution in [3.05, 3.63) is 51.2 Å². The number of hydrogen-bond donors (Lipinski definition) is 0. The van der Waals surface area contributed by atoms with Gasteiger partial charge >= 0.3 is 6.01 Å². The molecule has 3 rings (SSSR count). The Morgan fingerprint density at radius 2 is 2.17 bits per heavy atom. The first-order valence-corrected chi connectivity index (χ1v) is 8.16. The first-order valence-electron chi connectivity index (χ1n) is 7.79. The van der Waals surface area contributed by atoms with E-state index in [1.54, 1.807) is 12.3 Å². The number of aromatic nitrogens is 5. The lowest BCUT2D eigenvalue weighted by Gasteiger charge is -2.11. The molecule has 126 valence electrons. The van der Waals surface area contributed by atoms with Crippen LogP contribution >= 0.6 is 11.6 Å². The van der Waals surface area contributed by atoms with Gasteiger partial charge in [0.2, 0.25) is 5.78 Å². The quantitative estimate of drug-likeness (QED) is 0.506. The number of aryl methyl sites for hydroxylation is 1. The minimum Gasteiger partial charge on any atom is -0.462 e. The molecule has 0 aliphatic carbocycles. The number of pyridine rings is 1. The maximum atomic E-state index is 12.2. The molecule has 0 aliphatic rings. The number of unbranched alkanes of at least 4 members (excludes halogenated alkanes) is 1. The maximum Gasteiger partial charge on any atom is 0.337 e. The van der Waals surface area contributed by atoms with Gasteiger partial charge in [-0.05, 0) is 25.0 Å². The highest BCUT2D eigenvalue weighted by molar-refractivity contribution is 6.29. The smallest absolute Gasteiger partial charge is 0.337 e. The third kappa shape index (κ3) is 3.41. The molecule has 3 aromatic heterocycles. The number of halogens is 1. The van der Waals surface area contributed by atoms with E-state index in [-0.39, 0.29) is 11.6 Å². The molecule has 0 saturated heterocycles. The van der Waals surface area contributed by atoms with Crippen molar-refractivity contribution in [2.45, 2.75) is 33.2 Å². The number of fused-ring (bicyclic) bond motifs is 1. The van der Waals surface area contributed by atoms with E-state index < -0.39 is 0 Å². The highest BCUT2D eigenvalue weighted by Gasteiger charge is 2.13. The van der Waals surface area contributed by atoms with Gasteiger partial charge in [-0.1, -0.05) is 31.0 Å². The molecule has 24 heavy (non-hydrogen) atoms.